The fourth-order valence-electron chi connectivity index (χ4n) is 6.90. The monoisotopic (exact) mass is 777 g/mol. The van der Waals surface area contributed by atoms with Crippen LogP contribution in [0.3, 0.4) is 0 Å². The Hall–Kier alpha value is -4.92. The molecule has 3 aromatic rings. The Balaban J connectivity index is 1.33. The zero-order chi connectivity index (χ0) is 39.9. The molecule has 2 heterocycles. The molecule has 1 saturated heterocycles. The van der Waals surface area contributed by atoms with Gasteiger partial charge in [-0.15, -0.1) is 0 Å². The quantitative estimate of drug-likeness (QED) is 0.244. The maximum Gasteiger partial charge on any atom is 0.408 e. The van der Waals surface area contributed by atoms with E-state index in [1.54, 1.807) is 60.8 Å². The lowest BCUT2D eigenvalue weighted by atomic mass is 9.76. The van der Waals surface area contributed by atoms with Crippen LogP contribution in [0.5, 0.6) is 11.5 Å². The molecule has 6 rings (SSSR count). The summed E-state index contributed by atoms with van der Waals surface area (Å²) in [6.07, 6.45) is 0.577. The Kier molecular flexibility index (Phi) is 10.8. The summed E-state index contributed by atoms with van der Waals surface area (Å²) >= 11 is 0. The Morgan fingerprint density at radius 3 is 2.24 bits per heavy atom. The molecular weight excluding hydrogens is 727 g/mol. The van der Waals surface area contributed by atoms with Crippen LogP contribution in [0.4, 0.5) is 4.79 Å². The van der Waals surface area contributed by atoms with Gasteiger partial charge in [-0.3, -0.25) is 19.1 Å². The summed E-state index contributed by atoms with van der Waals surface area (Å²) in [5.74, 6) is -0.867. The highest BCUT2D eigenvalue weighted by molar-refractivity contribution is 7.91. The molecular formula is C40H51N5O9S. The summed E-state index contributed by atoms with van der Waals surface area (Å²) in [5.41, 5.74) is -0.979. The van der Waals surface area contributed by atoms with Gasteiger partial charge in [0.1, 0.15) is 40.8 Å². The molecule has 1 aliphatic heterocycles. The number of likely N-dealkylation sites (tertiary alicyclic amines) is 1. The Morgan fingerprint density at radius 2 is 1.65 bits per heavy atom. The van der Waals surface area contributed by atoms with Gasteiger partial charge >= 0.3 is 6.09 Å². The fourth-order valence-corrected chi connectivity index (χ4v) is 8.28. The molecule has 0 unspecified atom stereocenters. The predicted octanol–water partition coefficient (Wildman–Crippen LogP) is 4.85. The lowest BCUT2D eigenvalue weighted by molar-refractivity contribution is -0.144. The zero-order valence-electron chi connectivity index (χ0n) is 32.4. The largest absolute Gasteiger partial charge is 0.497 e. The highest BCUT2D eigenvalue weighted by Crippen LogP contribution is 2.37. The third-order valence-electron chi connectivity index (χ3n) is 10.2. The number of pyridine rings is 1. The van der Waals surface area contributed by atoms with Gasteiger partial charge in [0.05, 0.1) is 30.1 Å². The molecule has 4 amide bonds. The molecule has 2 aliphatic carbocycles. The minimum absolute atomic E-state index is 0.0323. The van der Waals surface area contributed by atoms with Gasteiger partial charge < -0.3 is 29.7 Å². The van der Waals surface area contributed by atoms with E-state index in [4.69, 9.17) is 19.2 Å². The number of rotatable bonds is 11. The van der Waals surface area contributed by atoms with Gasteiger partial charge in [0.2, 0.25) is 21.8 Å². The number of fused-ring (bicyclic) bond motifs is 1. The van der Waals surface area contributed by atoms with Crippen molar-refractivity contribution in [2.24, 2.45) is 5.41 Å². The van der Waals surface area contributed by atoms with E-state index in [1.165, 1.54) is 4.90 Å². The molecule has 296 valence electrons. The van der Waals surface area contributed by atoms with E-state index in [9.17, 15) is 27.6 Å². The predicted molar refractivity (Wildman–Crippen MR) is 206 cm³/mol. The molecule has 0 bridgehead atoms. The normalized spacial score (nSPS) is 20.2. The van der Waals surface area contributed by atoms with Crippen LogP contribution in [0.2, 0.25) is 0 Å². The molecule has 3 fully saturated rings. The number of aromatic nitrogens is 1. The highest BCUT2D eigenvalue weighted by atomic mass is 32.2. The van der Waals surface area contributed by atoms with E-state index in [1.807, 2.05) is 42.5 Å². The second-order valence-electron chi connectivity index (χ2n) is 16.8. The number of hydrogen-bond acceptors (Lipinski definition) is 10. The number of benzene rings is 2. The average Bonchev–Trinajstić information content (AvgIpc) is 3.88. The molecule has 1 aromatic heterocycles. The van der Waals surface area contributed by atoms with E-state index in [-0.39, 0.29) is 25.8 Å². The topological polar surface area (TPSA) is 182 Å². The molecule has 3 aliphatic rings. The van der Waals surface area contributed by atoms with Crippen molar-refractivity contribution in [2.45, 2.75) is 115 Å². The number of ether oxygens (including phenoxy) is 3. The van der Waals surface area contributed by atoms with E-state index < -0.39 is 73.8 Å². The Bertz CT molecular complexity index is 2070. The molecule has 55 heavy (non-hydrogen) atoms. The van der Waals surface area contributed by atoms with Crippen LogP contribution in [-0.2, 0) is 29.1 Å². The van der Waals surface area contributed by atoms with Crippen LogP contribution >= 0.6 is 0 Å². The van der Waals surface area contributed by atoms with Crippen molar-refractivity contribution in [3.63, 3.8) is 0 Å². The van der Waals surface area contributed by atoms with E-state index in [2.05, 4.69) is 15.4 Å². The maximum atomic E-state index is 14.6. The minimum Gasteiger partial charge on any atom is -0.497 e. The van der Waals surface area contributed by atoms with Gasteiger partial charge in [-0.1, -0.05) is 51.1 Å². The van der Waals surface area contributed by atoms with Crippen LogP contribution in [0.15, 0.2) is 54.6 Å². The smallest absolute Gasteiger partial charge is 0.408 e. The summed E-state index contributed by atoms with van der Waals surface area (Å²) < 4.78 is 45.3. The van der Waals surface area contributed by atoms with Gasteiger partial charge in [0.15, 0.2) is 0 Å². The number of methoxy groups -OCH3 is 1. The van der Waals surface area contributed by atoms with Crippen LogP contribution in [-0.4, -0.2) is 90.3 Å². The lowest BCUT2D eigenvalue weighted by Gasteiger charge is -2.42. The Morgan fingerprint density at radius 1 is 0.964 bits per heavy atom. The average molecular weight is 778 g/mol. The Labute approximate surface area is 322 Å². The molecule has 2 saturated carbocycles. The van der Waals surface area contributed by atoms with Crippen molar-refractivity contribution in [1.82, 2.24) is 25.2 Å². The fraction of sp³-hybridized carbons (Fsp3) is 0.525. The first-order valence-corrected chi connectivity index (χ1v) is 20.2. The van der Waals surface area contributed by atoms with Gasteiger partial charge in [-0.05, 0) is 70.4 Å². The SMILES string of the molecule is COc1ccc2c(O[C@@H]3C[C@@H](C(=O)NC4(C(=O)NS(=O)(=O)C5CC5)CCC4)N(C(=O)[C@@H](NC(=O)OC(C)(C)C)C(C)(C)C)C3)cc(-c3ccccc3)nc2c1. The second-order valence-corrected chi connectivity index (χ2v) is 18.7. The van der Waals surface area contributed by atoms with Gasteiger partial charge in [0, 0.05) is 29.5 Å². The first-order valence-electron chi connectivity index (χ1n) is 18.7. The summed E-state index contributed by atoms with van der Waals surface area (Å²) in [4.78, 5) is 61.7. The van der Waals surface area contributed by atoms with Crippen molar-refractivity contribution >= 4 is 44.7 Å². The zero-order valence-corrected chi connectivity index (χ0v) is 33.2. The first-order chi connectivity index (χ1) is 25.8. The van der Waals surface area contributed by atoms with Crippen molar-refractivity contribution in [2.75, 3.05) is 13.7 Å². The standard InChI is InChI=1S/C40H51N5O9S/c1-38(2,3)33(42-37(49)54-39(4,5)6)35(47)45-23-26(21-31(45)34(46)43-40(18-11-19-40)36(48)44-55(50,51)27-15-16-27)53-32-22-29(24-12-9-8-10-13-24)41-30-20-25(52-7)14-17-28(30)32/h8-10,12-14,17,20,22,26-27,31,33H,11,15-16,18-19,21,23H2,1-7H3,(H,42,49)(H,43,46)(H,44,48)/t26-,31+,33-/m1/s1. The van der Waals surface area contributed by atoms with Crippen LogP contribution < -0.4 is 24.8 Å². The second kappa shape index (κ2) is 15.0. The number of nitrogens with one attached hydrogen (secondary N) is 3. The van der Waals surface area contributed by atoms with Crippen LogP contribution in [0.25, 0.3) is 22.2 Å². The summed E-state index contributed by atoms with van der Waals surface area (Å²) in [6, 6.07) is 14.6. The van der Waals surface area contributed by atoms with Gasteiger partial charge in [0.25, 0.3) is 5.91 Å². The summed E-state index contributed by atoms with van der Waals surface area (Å²) in [6.45, 7) is 10.5. The third-order valence-corrected chi connectivity index (χ3v) is 12.0. The number of nitrogens with zero attached hydrogens (tertiary/aromatic N) is 2. The van der Waals surface area contributed by atoms with Crippen molar-refractivity contribution in [3.05, 3.63) is 54.6 Å². The molecule has 15 heteroatoms. The molecule has 3 atom stereocenters. The van der Waals surface area contributed by atoms with Gasteiger partial charge in [-0.25, -0.2) is 18.2 Å². The molecule has 2 aromatic carbocycles. The van der Waals surface area contributed by atoms with Crippen LogP contribution in [0, 0.1) is 5.41 Å². The molecule has 3 N–H and O–H groups in total. The van der Waals surface area contributed by atoms with Crippen molar-refractivity contribution in [1.29, 1.82) is 0 Å². The molecule has 0 radical (unpaired) electrons. The molecule has 14 nitrogen and oxygen atoms in total. The van der Waals surface area contributed by atoms with E-state index in [0.717, 1.165) is 5.56 Å². The number of alkyl carbamates (subject to hydrolysis) is 1. The maximum absolute atomic E-state index is 14.6. The van der Waals surface area contributed by atoms with Crippen molar-refractivity contribution < 1.29 is 41.8 Å². The van der Waals surface area contributed by atoms with Crippen LogP contribution in [0.1, 0.15) is 80.1 Å². The number of amides is 4. The number of sulfonamides is 1. The number of carbonyl (C=O) groups is 4. The first kappa shape index (κ1) is 39.8. The number of hydrogen-bond donors (Lipinski definition) is 3. The van der Waals surface area contributed by atoms with E-state index >= 15 is 0 Å². The lowest BCUT2D eigenvalue weighted by Crippen LogP contribution is -2.66. The number of carbonyl (C=O) groups excluding carboxylic acids is 4. The van der Waals surface area contributed by atoms with Gasteiger partial charge in [-0.2, -0.15) is 0 Å². The molecule has 0 spiro atoms. The summed E-state index contributed by atoms with van der Waals surface area (Å²) in [5, 5.41) is 5.64. The highest BCUT2D eigenvalue weighted by Gasteiger charge is 2.52. The third kappa shape index (κ3) is 8.98. The minimum atomic E-state index is -3.87. The van der Waals surface area contributed by atoms with Crippen molar-refractivity contribution in [3.8, 4) is 22.8 Å². The van der Waals surface area contributed by atoms with E-state index in [0.29, 0.717) is 47.4 Å². The summed E-state index contributed by atoms with van der Waals surface area (Å²) in [7, 11) is -2.30.